The van der Waals surface area contributed by atoms with E-state index in [4.69, 9.17) is 4.74 Å². The summed E-state index contributed by atoms with van der Waals surface area (Å²) in [5, 5.41) is 10.9. The van der Waals surface area contributed by atoms with Gasteiger partial charge in [-0.05, 0) is 38.4 Å². The number of ketones is 1. The van der Waals surface area contributed by atoms with E-state index in [1.165, 1.54) is 12.0 Å². The summed E-state index contributed by atoms with van der Waals surface area (Å²) < 4.78 is 5.20. The first kappa shape index (κ1) is 19.6. The highest BCUT2D eigenvalue weighted by Gasteiger charge is 2.46. The fourth-order valence-corrected chi connectivity index (χ4v) is 3.19. The van der Waals surface area contributed by atoms with Crippen molar-refractivity contribution in [1.82, 2.24) is 14.8 Å². The van der Waals surface area contributed by atoms with E-state index in [0.717, 1.165) is 0 Å². The molecule has 7 heteroatoms. The first-order valence-electron chi connectivity index (χ1n) is 8.92. The molecule has 1 aliphatic heterocycles. The smallest absolute Gasteiger partial charge is 0.295 e. The van der Waals surface area contributed by atoms with Gasteiger partial charge in [0.15, 0.2) is 0 Å². The molecule has 0 aliphatic carbocycles. The Morgan fingerprint density at radius 3 is 2.64 bits per heavy atom. The van der Waals surface area contributed by atoms with Crippen LogP contribution >= 0.6 is 0 Å². The number of carbonyl (C=O) groups excluding carboxylic acids is 2. The van der Waals surface area contributed by atoms with Gasteiger partial charge in [0.2, 0.25) is 0 Å². The van der Waals surface area contributed by atoms with Crippen molar-refractivity contribution in [3.63, 3.8) is 0 Å². The highest BCUT2D eigenvalue weighted by Crippen LogP contribution is 2.38. The minimum atomic E-state index is -0.743. The molecule has 1 aliphatic rings. The van der Waals surface area contributed by atoms with E-state index in [9.17, 15) is 14.7 Å². The van der Waals surface area contributed by atoms with Gasteiger partial charge in [-0.25, -0.2) is 0 Å². The maximum Gasteiger partial charge on any atom is 0.295 e. The minimum absolute atomic E-state index is 0.0377. The molecule has 3 rings (SSSR count). The maximum absolute atomic E-state index is 12.8. The molecule has 28 heavy (non-hydrogen) atoms. The maximum atomic E-state index is 12.8. The van der Waals surface area contributed by atoms with Crippen molar-refractivity contribution < 1.29 is 19.4 Å². The highest BCUT2D eigenvalue weighted by atomic mass is 16.5. The van der Waals surface area contributed by atoms with Gasteiger partial charge >= 0.3 is 0 Å². The van der Waals surface area contributed by atoms with Gasteiger partial charge < -0.3 is 19.6 Å². The molecule has 0 radical (unpaired) electrons. The Labute approximate surface area is 163 Å². The summed E-state index contributed by atoms with van der Waals surface area (Å²) in [4.78, 5) is 33.3. The number of benzene rings is 1. The third kappa shape index (κ3) is 3.75. The van der Waals surface area contributed by atoms with Gasteiger partial charge in [-0.1, -0.05) is 18.2 Å². The number of carbonyl (C=O) groups is 2. The summed E-state index contributed by atoms with van der Waals surface area (Å²) in [5.74, 6) is -1.04. The van der Waals surface area contributed by atoms with Crippen molar-refractivity contribution >= 4 is 17.4 Å². The number of amides is 1. The van der Waals surface area contributed by atoms with E-state index in [2.05, 4.69) is 4.98 Å². The number of Topliss-reactive ketones (excluding diaryl/α,β-unsaturated/α-hetero) is 1. The van der Waals surface area contributed by atoms with Crippen LogP contribution in [-0.4, -0.2) is 65.9 Å². The van der Waals surface area contributed by atoms with Crippen molar-refractivity contribution in [2.75, 3.05) is 34.3 Å². The number of likely N-dealkylation sites (tertiary alicyclic amines) is 1. The molecule has 1 atom stereocenters. The van der Waals surface area contributed by atoms with Crippen LogP contribution in [0.4, 0.5) is 0 Å². The average molecular weight is 381 g/mol. The van der Waals surface area contributed by atoms with E-state index < -0.39 is 17.7 Å². The van der Waals surface area contributed by atoms with E-state index in [-0.39, 0.29) is 11.3 Å². The second kappa shape index (κ2) is 8.22. The Bertz CT molecular complexity index is 909. The second-order valence-electron chi connectivity index (χ2n) is 6.78. The monoisotopic (exact) mass is 381 g/mol. The molecule has 0 spiro atoms. The van der Waals surface area contributed by atoms with Crippen LogP contribution < -0.4 is 4.74 Å². The van der Waals surface area contributed by atoms with Crippen LogP contribution in [0.2, 0.25) is 0 Å². The fourth-order valence-electron chi connectivity index (χ4n) is 3.19. The van der Waals surface area contributed by atoms with Gasteiger partial charge in [0.1, 0.15) is 17.6 Å². The number of pyridine rings is 1. The first-order valence-corrected chi connectivity index (χ1v) is 8.92. The number of ether oxygens (including phenoxy) is 1. The van der Waals surface area contributed by atoms with Crippen LogP contribution in [0.1, 0.15) is 17.3 Å². The third-order valence-electron chi connectivity index (χ3n) is 4.64. The lowest BCUT2D eigenvalue weighted by Gasteiger charge is -2.25. The number of aliphatic hydroxyl groups is 1. The molecule has 1 aromatic carbocycles. The molecule has 1 saturated heterocycles. The molecule has 1 aromatic heterocycles. The summed E-state index contributed by atoms with van der Waals surface area (Å²) in [6.45, 7) is 0.920. The summed E-state index contributed by atoms with van der Waals surface area (Å²) in [5.41, 5.74) is 0.978. The molecule has 146 valence electrons. The average Bonchev–Trinajstić information content (AvgIpc) is 2.97. The Balaban J connectivity index is 2.13. The molecule has 0 unspecified atom stereocenters. The van der Waals surface area contributed by atoms with E-state index in [1.54, 1.807) is 48.7 Å². The number of likely N-dealkylation sites (N-methyl/N-ethyl adjacent to an activating group) is 1. The molecule has 0 saturated carbocycles. The summed E-state index contributed by atoms with van der Waals surface area (Å²) >= 11 is 0. The summed E-state index contributed by atoms with van der Waals surface area (Å²) in [7, 11) is 5.30. The van der Waals surface area contributed by atoms with E-state index >= 15 is 0 Å². The first-order chi connectivity index (χ1) is 13.4. The Kier molecular flexibility index (Phi) is 5.75. The standard InChI is InChI=1S/C21H23N3O4/c1-23(2)11-12-24-18(16-9-4-5-10-22-16)17(20(26)21(24)27)19(25)14-7-6-8-15(13-14)28-3/h4-10,13,18,25H,11-12H2,1-3H3/t18-/m1/s1. The van der Waals surface area contributed by atoms with Gasteiger partial charge in [-0.3, -0.25) is 14.6 Å². The van der Waals surface area contributed by atoms with Crippen LogP contribution in [0.3, 0.4) is 0 Å². The molecular weight excluding hydrogens is 358 g/mol. The van der Waals surface area contributed by atoms with Crippen LogP contribution in [0.15, 0.2) is 54.2 Å². The number of rotatable bonds is 6. The van der Waals surface area contributed by atoms with Gasteiger partial charge in [0, 0.05) is 24.8 Å². The second-order valence-corrected chi connectivity index (χ2v) is 6.78. The van der Waals surface area contributed by atoms with Crippen LogP contribution in [0, 0.1) is 0 Å². The predicted molar refractivity (Wildman–Crippen MR) is 105 cm³/mol. The lowest BCUT2D eigenvalue weighted by molar-refractivity contribution is -0.140. The van der Waals surface area contributed by atoms with Crippen molar-refractivity contribution in [2.45, 2.75) is 6.04 Å². The lowest BCUT2D eigenvalue weighted by atomic mass is 9.98. The minimum Gasteiger partial charge on any atom is -0.507 e. The van der Waals surface area contributed by atoms with E-state index in [0.29, 0.717) is 30.1 Å². The number of aromatic nitrogens is 1. The Hall–Kier alpha value is -3.19. The zero-order valence-electron chi connectivity index (χ0n) is 16.1. The molecule has 0 bridgehead atoms. The van der Waals surface area contributed by atoms with Gasteiger partial charge in [-0.2, -0.15) is 0 Å². The van der Waals surface area contributed by atoms with E-state index in [1.807, 2.05) is 19.0 Å². The quantitative estimate of drug-likeness (QED) is 0.469. The van der Waals surface area contributed by atoms with Gasteiger partial charge in [-0.15, -0.1) is 0 Å². The zero-order valence-corrected chi connectivity index (χ0v) is 16.1. The molecule has 2 aromatic rings. The number of aliphatic hydroxyl groups excluding tert-OH is 1. The molecule has 2 heterocycles. The predicted octanol–water partition coefficient (Wildman–Crippen LogP) is 2.07. The number of hydrogen-bond donors (Lipinski definition) is 1. The van der Waals surface area contributed by atoms with Gasteiger partial charge in [0.05, 0.1) is 18.4 Å². The highest BCUT2D eigenvalue weighted by molar-refractivity contribution is 6.46. The number of methoxy groups -OCH3 is 1. The van der Waals surface area contributed by atoms with Gasteiger partial charge in [0.25, 0.3) is 11.7 Å². The lowest BCUT2D eigenvalue weighted by Crippen LogP contribution is -2.35. The van der Waals surface area contributed by atoms with Crippen molar-refractivity contribution in [2.24, 2.45) is 0 Å². The fraction of sp³-hybridized carbons (Fsp3) is 0.286. The SMILES string of the molecule is COc1cccc(C(O)=C2C(=O)C(=O)N(CCN(C)C)[C@@H]2c2ccccn2)c1. The molecule has 1 N–H and O–H groups in total. The van der Waals surface area contributed by atoms with Crippen molar-refractivity contribution in [1.29, 1.82) is 0 Å². The molecule has 1 amide bonds. The third-order valence-corrected chi connectivity index (χ3v) is 4.64. The molecule has 1 fully saturated rings. The van der Waals surface area contributed by atoms with Crippen LogP contribution in [-0.2, 0) is 9.59 Å². The van der Waals surface area contributed by atoms with Crippen LogP contribution in [0.25, 0.3) is 5.76 Å². The molecular formula is C21H23N3O4. The Morgan fingerprint density at radius 1 is 1.21 bits per heavy atom. The number of nitrogens with zero attached hydrogens (tertiary/aromatic N) is 3. The van der Waals surface area contributed by atoms with Crippen molar-refractivity contribution in [3.05, 3.63) is 65.5 Å². The largest absolute Gasteiger partial charge is 0.507 e. The van der Waals surface area contributed by atoms with Crippen LogP contribution in [0.5, 0.6) is 5.75 Å². The summed E-state index contributed by atoms with van der Waals surface area (Å²) in [6, 6.07) is 11.3. The van der Waals surface area contributed by atoms with Crippen molar-refractivity contribution in [3.8, 4) is 5.75 Å². The topological polar surface area (TPSA) is 83.0 Å². The Morgan fingerprint density at radius 2 is 2.00 bits per heavy atom. The zero-order chi connectivity index (χ0) is 20.3. The number of hydrogen-bond acceptors (Lipinski definition) is 6. The normalized spacial score (nSPS) is 18.7. The summed E-state index contributed by atoms with van der Waals surface area (Å²) in [6.07, 6.45) is 1.60. The molecule has 7 nitrogen and oxygen atoms in total.